The maximum atomic E-state index is 11.7. The Labute approximate surface area is 120 Å². The first kappa shape index (κ1) is 16.0. The van der Waals surface area contributed by atoms with Gasteiger partial charge in [-0.2, -0.15) is 0 Å². The number of urea groups is 1. The highest BCUT2D eigenvalue weighted by atomic mass is 16.2. The van der Waals surface area contributed by atoms with Crippen LogP contribution in [0, 0.1) is 0 Å². The van der Waals surface area contributed by atoms with E-state index >= 15 is 0 Å². The van der Waals surface area contributed by atoms with E-state index in [1.165, 1.54) is 0 Å². The summed E-state index contributed by atoms with van der Waals surface area (Å²) in [5.74, 6) is 0.0451. The summed E-state index contributed by atoms with van der Waals surface area (Å²) in [7, 11) is 0. The SMILES string of the molecule is CCCCN(CCNC(=O)Nc1ccccc1)C(C)=O. The van der Waals surface area contributed by atoms with Crippen molar-refractivity contribution in [2.24, 2.45) is 0 Å². The van der Waals surface area contributed by atoms with E-state index in [2.05, 4.69) is 17.6 Å². The van der Waals surface area contributed by atoms with Gasteiger partial charge in [-0.05, 0) is 18.6 Å². The molecular formula is C15H23N3O2. The molecule has 5 nitrogen and oxygen atoms in total. The van der Waals surface area contributed by atoms with Crippen LogP contribution < -0.4 is 10.6 Å². The van der Waals surface area contributed by atoms with E-state index in [0.29, 0.717) is 13.1 Å². The lowest BCUT2D eigenvalue weighted by Crippen LogP contribution is -2.39. The molecular weight excluding hydrogens is 254 g/mol. The zero-order chi connectivity index (χ0) is 14.8. The van der Waals surface area contributed by atoms with Gasteiger partial charge >= 0.3 is 6.03 Å². The van der Waals surface area contributed by atoms with Crippen LogP contribution in [-0.2, 0) is 4.79 Å². The second-order valence-electron chi connectivity index (χ2n) is 4.61. The van der Waals surface area contributed by atoms with Gasteiger partial charge in [-0.1, -0.05) is 31.5 Å². The second kappa shape index (κ2) is 8.96. The number of unbranched alkanes of at least 4 members (excludes halogenated alkanes) is 1. The molecule has 0 heterocycles. The molecule has 0 radical (unpaired) electrons. The van der Waals surface area contributed by atoms with Gasteiger partial charge in [-0.3, -0.25) is 4.79 Å². The third-order valence-corrected chi connectivity index (χ3v) is 2.93. The predicted molar refractivity (Wildman–Crippen MR) is 80.6 cm³/mol. The summed E-state index contributed by atoms with van der Waals surface area (Å²) in [4.78, 5) is 24.8. The summed E-state index contributed by atoms with van der Waals surface area (Å²) in [6.07, 6.45) is 2.03. The molecule has 5 heteroatoms. The summed E-state index contributed by atoms with van der Waals surface area (Å²) in [5, 5.41) is 5.48. The Hall–Kier alpha value is -2.04. The minimum atomic E-state index is -0.254. The highest BCUT2D eigenvalue weighted by Gasteiger charge is 2.08. The number of benzene rings is 1. The molecule has 0 unspecified atom stereocenters. The number of carbonyl (C=O) groups is 2. The standard InChI is InChI=1S/C15H23N3O2/c1-3-4-11-18(13(2)19)12-10-16-15(20)17-14-8-6-5-7-9-14/h5-9H,3-4,10-12H2,1-2H3,(H2,16,17,20). The number of anilines is 1. The van der Waals surface area contributed by atoms with Gasteiger partial charge in [0.1, 0.15) is 0 Å². The average Bonchev–Trinajstić information content (AvgIpc) is 2.43. The van der Waals surface area contributed by atoms with Crippen LogP contribution in [0.5, 0.6) is 0 Å². The van der Waals surface area contributed by atoms with E-state index in [0.717, 1.165) is 25.1 Å². The molecule has 3 amide bonds. The van der Waals surface area contributed by atoms with E-state index in [1.54, 1.807) is 11.8 Å². The van der Waals surface area contributed by atoms with Gasteiger partial charge in [0.05, 0.1) is 0 Å². The molecule has 0 aliphatic heterocycles. The summed E-state index contributed by atoms with van der Waals surface area (Å²) in [6.45, 7) is 5.37. The quantitative estimate of drug-likeness (QED) is 0.804. The lowest BCUT2D eigenvalue weighted by atomic mass is 10.3. The number of hydrogen-bond acceptors (Lipinski definition) is 2. The van der Waals surface area contributed by atoms with Crippen LogP contribution >= 0.6 is 0 Å². The minimum Gasteiger partial charge on any atom is -0.341 e. The van der Waals surface area contributed by atoms with Crippen LogP contribution in [0.1, 0.15) is 26.7 Å². The highest BCUT2D eigenvalue weighted by Crippen LogP contribution is 2.04. The number of para-hydroxylation sites is 1. The fourth-order valence-electron chi connectivity index (χ4n) is 1.78. The van der Waals surface area contributed by atoms with Crippen molar-refractivity contribution in [2.45, 2.75) is 26.7 Å². The van der Waals surface area contributed by atoms with Crippen LogP contribution in [0.3, 0.4) is 0 Å². The summed E-state index contributed by atoms with van der Waals surface area (Å²) >= 11 is 0. The topological polar surface area (TPSA) is 61.4 Å². The van der Waals surface area contributed by atoms with Crippen molar-refractivity contribution in [1.82, 2.24) is 10.2 Å². The van der Waals surface area contributed by atoms with Gasteiger partial charge in [0.2, 0.25) is 5.91 Å². The predicted octanol–water partition coefficient (Wildman–Crippen LogP) is 2.46. The van der Waals surface area contributed by atoms with Crippen molar-refractivity contribution in [1.29, 1.82) is 0 Å². The lowest BCUT2D eigenvalue weighted by molar-refractivity contribution is -0.128. The van der Waals surface area contributed by atoms with Crippen LogP contribution in [0.25, 0.3) is 0 Å². The molecule has 1 rings (SSSR count). The van der Waals surface area contributed by atoms with Crippen molar-refractivity contribution in [3.8, 4) is 0 Å². The zero-order valence-corrected chi connectivity index (χ0v) is 12.2. The van der Waals surface area contributed by atoms with E-state index in [1.807, 2.05) is 30.3 Å². The summed E-state index contributed by atoms with van der Waals surface area (Å²) in [6, 6.07) is 9.00. The largest absolute Gasteiger partial charge is 0.341 e. The molecule has 0 atom stereocenters. The maximum absolute atomic E-state index is 11.7. The Morgan fingerprint density at radius 3 is 2.45 bits per heavy atom. The van der Waals surface area contributed by atoms with Crippen molar-refractivity contribution in [2.75, 3.05) is 25.0 Å². The average molecular weight is 277 g/mol. The third-order valence-electron chi connectivity index (χ3n) is 2.93. The molecule has 110 valence electrons. The smallest absolute Gasteiger partial charge is 0.319 e. The normalized spacial score (nSPS) is 9.90. The first-order chi connectivity index (χ1) is 9.63. The zero-order valence-electron chi connectivity index (χ0n) is 12.2. The van der Waals surface area contributed by atoms with Gasteiger partial charge in [0.15, 0.2) is 0 Å². The van der Waals surface area contributed by atoms with Crippen molar-refractivity contribution in [3.05, 3.63) is 30.3 Å². The van der Waals surface area contributed by atoms with Crippen LogP contribution in [0.4, 0.5) is 10.5 Å². The molecule has 0 spiro atoms. The number of nitrogens with zero attached hydrogens (tertiary/aromatic N) is 1. The van der Waals surface area contributed by atoms with Gasteiger partial charge < -0.3 is 15.5 Å². The molecule has 0 saturated heterocycles. The van der Waals surface area contributed by atoms with Crippen molar-refractivity contribution < 1.29 is 9.59 Å². The Morgan fingerprint density at radius 2 is 1.85 bits per heavy atom. The number of nitrogens with one attached hydrogen (secondary N) is 2. The van der Waals surface area contributed by atoms with E-state index in [9.17, 15) is 9.59 Å². The number of carbonyl (C=O) groups excluding carboxylic acids is 2. The third kappa shape index (κ3) is 6.22. The Kier molecular flexibility index (Phi) is 7.17. The number of amides is 3. The molecule has 1 aromatic rings. The highest BCUT2D eigenvalue weighted by molar-refractivity contribution is 5.89. The first-order valence-electron chi connectivity index (χ1n) is 6.99. The molecule has 0 saturated carbocycles. The Morgan fingerprint density at radius 1 is 1.15 bits per heavy atom. The van der Waals surface area contributed by atoms with E-state index in [-0.39, 0.29) is 11.9 Å². The van der Waals surface area contributed by atoms with Crippen molar-refractivity contribution >= 4 is 17.6 Å². The monoisotopic (exact) mass is 277 g/mol. The van der Waals surface area contributed by atoms with Crippen LogP contribution in [0.15, 0.2) is 30.3 Å². The molecule has 1 aromatic carbocycles. The number of rotatable bonds is 7. The van der Waals surface area contributed by atoms with Crippen molar-refractivity contribution in [3.63, 3.8) is 0 Å². The molecule has 0 aliphatic rings. The van der Waals surface area contributed by atoms with E-state index < -0.39 is 0 Å². The van der Waals surface area contributed by atoms with E-state index in [4.69, 9.17) is 0 Å². The molecule has 0 aromatic heterocycles. The molecule has 0 aliphatic carbocycles. The van der Waals surface area contributed by atoms with Gasteiger partial charge in [-0.15, -0.1) is 0 Å². The van der Waals surface area contributed by atoms with Crippen LogP contribution in [0.2, 0.25) is 0 Å². The fourth-order valence-corrected chi connectivity index (χ4v) is 1.78. The first-order valence-corrected chi connectivity index (χ1v) is 6.99. The molecule has 20 heavy (non-hydrogen) atoms. The van der Waals surface area contributed by atoms with Gasteiger partial charge in [0.25, 0.3) is 0 Å². The maximum Gasteiger partial charge on any atom is 0.319 e. The number of hydrogen-bond donors (Lipinski definition) is 2. The Bertz CT molecular complexity index is 420. The van der Waals surface area contributed by atoms with Gasteiger partial charge in [0, 0.05) is 32.2 Å². The van der Waals surface area contributed by atoms with Crippen LogP contribution in [-0.4, -0.2) is 36.5 Å². The fraction of sp³-hybridized carbons (Fsp3) is 0.467. The molecule has 0 bridgehead atoms. The van der Waals surface area contributed by atoms with Gasteiger partial charge in [-0.25, -0.2) is 4.79 Å². The minimum absolute atomic E-state index is 0.0451. The lowest BCUT2D eigenvalue weighted by Gasteiger charge is -2.21. The summed E-state index contributed by atoms with van der Waals surface area (Å²) < 4.78 is 0. The summed E-state index contributed by atoms with van der Waals surface area (Å²) in [5.41, 5.74) is 0.749. The second-order valence-corrected chi connectivity index (χ2v) is 4.61. The molecule has 2 N–H and O–H groups in total. The Balaban J connectivity index is 2.28. The molecule has 0 fully saturated rings.